The number of aliphatic hydroxyl groups excluding tert-OH is 1. The molecule has 1 saturated carbocycles. The molecule has 1 aliphatic rings. The Morgan fingerprint density at radius 1 is 1.40 bits per heavy atom. The van der Waals surface area contributed by atoms with Crippen LogP contribution in [0.2, 0.25) is 5.02 Å². The topological polar surface area (TPSA) is 66.4 Å². The molecular weight excluding hydrogens is 305 g/mol. The first-order chi connectivity index (χ1) is 9.40. The third-order valence-electron chi connectivity index (χ3n) is 3.61. The molecule has 0 bridgehead atoms. The Morgan fingerprint density at radius 2 is 2.05 bits per heavy atom. The molecule has 4 nitrogen and oxygen atoms in total. The maximum Gasteiger partial charge on any atom is 0.243 e. The molecule has 0 heterocycles. The van der Waals surface area contributed by atoms with Crippen LogP contribution in [0.15, 0.2) is 23.1 Å². The van der Waals surface area contributed by atoms with Gasteiger partial charge in [-0.15, -0.1) is 0 Å². The summed E-state index contributed by atoms with van der Waals surface area (Å²) >= 11 is 5.59. The fraction of sp³-hybridized carbons (Fsp3) is 0.538. The zero-order valence-corrected chi connectivity index (χ0v) is 12.4. The van der Waals surface area contributed by atoms with Gasteiger partial charge in [0.2, 0.25) is 10.0 Å². The average Bonchev–Trinajstić information content (AvgIpc) is 2.89. The van der Waals surface area contributed by atoms with Crippen molar-refractivity contribution < 1.29 is 17.9 Å². The standard InChI is InChI=1S/C13H17ClFNO3S/c14-10-5-6-13(11(15)7-10)20(18,19)16-8-12(17)9-3-1-2-4-9/h5-7,9,12,16-17H,1-4,8H2. The van der Waals surface area contributed by atoms with Crippen LogP contribution in [0.4, 0.5) is 4.39 Å². The van der Waals surface area contributed by atoms with Crippen LogP contribution in [-0.2, 0) is 10.0 Å². The average molecular weight is 322 g/mol. The number of rotatable bonds is 5. The van der Waals surface area contributed by atoms with E-state index in [0.717, 1.165) is 37.8 Å². The number of nitrogens with one attached hydrogen (secondary N) is 1. The molecule has 0 saturated heterocycles. The van der Waals surface area contributed by atoms with Crippen LogP contribution in [0.25, 0.3) is 0 Å². The van der Waals surface area contributed by atoms with Crippen LogP contribution in [0.3, 0.4) is 0 Å². The van der Waals surface area contributed by atoms with E-state index < -0.39 is 26.8 Å². The maximum atomic E-state index is 13.6. The minimum absolute atomic E-state index is 0.102. The molecule has 0 aliphatic heterocycles. The van der Waals surface area contributed by atoms with Gasteiger partial charge in [-0.3, -0.25) is 0 Å². The zero-order valence-electron chi connectivity index (χ0n) is 10.9. The maximum absolute atomic E-state index is 13.6. The summed E-state index contributed by atoms with van der Waals surface area (Å²) in [5.41, 5.74) is 0. The summed E-state index contributed by atoms with van der Waals surface area (Å²) in [5.74, 6) is -0.784. The normalized spacial score (nSPS) is 18.4. The van der Waals surface area contributed by atoms with E-state index in [2.05, 4.69) is 4.72 Å². The molecule has 0 aromatic heterocycles. The van der Waals surface area contributed by atoms with E-state index in [4.69, 9.17) is 11.6 Å². The Bertz CT molecular complexity index is 573. The van der Waals surface area contributed by atoms with Gasteiger partial charge in [-0.2, -0.15) is 0 Å². The highest BCUT2D eigenvalue weighted by molar-refractivity contribution is 7.89. The van der Waals surface area contributed by atoms with E-state index >= 15 is 0 Å². The molecule has 1 aromatic rings. The minimum Gasteiger partial charge on any atom is -0.391 e. The number of benzene rings is 1. The predicted octanol–water partition coefficient (Wildman–Crippen LogP) is 2.31. The summed E-state index contributed by atoms with van der Waals surface area (Å²) in [7, 11) is -3.98. The Kier molecular flexibility index (Phi) is 5.01. The number of sulfonamides is 1. The third kappa shape index (κ3) is 3.69. The first kappa shape index (κ1) is 15.7. The van der Waals surface area contributed by atoms with Gasteiger partial charge in [0.15, 0.2) is 0 Å². The van der Waals surface area contributed by atoms with Gasteiger partial charge < -0.3 is 5.11 Å². The van der Waals surface area contributed by atoms with Crippen LogP contribution >= 0.6 is 11.6 Å². The largest absolute Gasteiger partial charge is 0.391 e. The first-order valence-electron chi connectivity index (χ1n) is 6.53. The summed E-state index contributed by atoms with van der Waals surface area (Å²) < 4.78 is 39.8. The second-order valence-electron chi connectivity index (χ2n) is 5.04. The molecule has 1 atom stereocenters. The van der Waals surface area contributed by atoms with Gasteiger partial charge in [0.25, 0.3) is 0 Å². The molecule has 1 fully saturated rings. The monoisotopic (exact) mass is 321 g/mol. The quantitative estimate of drug-likeness (QED) is 0.874. The molecule has 20 heavy (non-hydrogen) atoms. The molecule has 0 spiro atoms. The summed E-state index contributed by atoms with van der Waals surface area (Å²) in [6, 6.07) is 3.37. The van der Waals surface area contributed by atoms with Gasteiger partial charge in [-0.25, -0.2) is 17.5 Å². The second-order valence-corrected chi connectivity index (χ2v) is 7.21. The van der Waals surface area contributed by atoms with Crippen molar-refractivity contribution in [1.82, 2.24) is 4.72 Å². The van der Waals surface area contributed by atoms with Crippen LogP contribution < -0.4 is 4.72 Å². The van der Waals surface area contributed by atoms with E-state index in [-0.39, 0.29) is 17.5 Å². The second kappa shape index (κ2) is 6.39. The van der Waals surface area contributed by atoms with Crippen molar-refractivity contribution in [1.29, 1.82) is 0 Å². The molecule has 0 amide bonds. The molecule has 2 rings (SSSR count). The van der Waals surface area contributed by atoms with E-state index in [1.165, 1.54) is 6.07 Å². The Morgan fingerprint density at radius 3 is 2.65 bits per heavy atom. The lowest BCUT2D eigenvalue weighted by molar-refractivity contribution is 0.115. The first-order valence-corrected chi connectivity index (χ1v) is 8.39. The summed E-state index contributed by atoms with van der Waals surface area (Å²) in [5, 5.41) is 10.1. The van der Waals surface area contributed by atoms with Crippen LogP contribution in [0.1, 0.15) is 25.7 Å². The fourth-order valence-electron chi connectivity index (χ4n) is 2.47. The van der Waals surface area contributed by atoms with Crippen LogP contribution in [-0.4, -0.2) is 26.2 Å². The van der Waals surface area contributed by atoms with E-state index in [1.54, 1.807) is 0 Å². The highest BCUT2D eigenvalue weighted by atomic mass is 35.5. The summed E-state index contributed by atoms with van der Waals surface area (Å²) in [6.07, 6.45) is 3.18. The number of halogens is 2. The molecule has 112 valence electrons. The molecule has 0 radical (unpaired) electrons. The van der Waals surface area contributed by atoms with Crippen molar-refractivity contribution >= 4 is 21.6 Å². The lowest BCUT2D eigenvalue weighted by Crippen LogP contribution is -2.35. The number of hydrogen-bond acceptors (Lipinski definition) is 3. The van der Waals surface area contributed by atoms with Gasteiger partial charge in [0.05, 0.1) is 6.10 Å². The van der Waals surface area contributed by atoms with Gasteiger partial charge in [0, 0.05) is 11.6 Å². The van der Waals surface area contributed by atoms with Crippen molar-refractivity contribution in [3.63, 3.8) is 0 Å². The molecule has 1 aliphatic carbocycles. The third-order valence-corrected chi connectivity index (χ3v) is 5.30. The van der Waals surface area contributed by atoms with E-state index in [0.29, 0.717) is 0 Å². The van der Waals surface area contributed by atoms with Crippen LogP contribution in [0, 0.1) is 11.7 Å². The van der Waals surface area contributed by atoms with Gasteiger partial charge in [-0.1, -0.05) is 24.4 Å². The van der Waals surface area contributed by atoms with Gasteiger partial charge in [0.1, 0.15) is 10.7 Å². The van der Waals surface area contributed by atoms with E-state index in [9.17, 15) is 17.9 Å². The predicted molar refractivity (Wildman–Crippen MR) is 74.6 cm³/mol. The van der Waals surface area contributed by atoms with Crippen molar-refractivity contribution in [2.45, 2.75) is 36.7 Å². The highest BCUT2D eigenvalue weighted by Crippen LogP contribution is 2.27. The molecule has 7 heteroatoms. The highest BCUT2D eigenvalue weighted by Gasteiger charge is 2.26. The lowest BCUT2D eigenvalue weighted by Gasteiger charge is -2.18. The Hall–Kier alpha value is -0.690. The molecule has 1 unspecified atom stereocenters. The van der Waals surface area contributed by atoms with Crippen molar-refractivity contribution in [3.8, 4) is 0 Å². The smallest absolute Gasteiger partial charge is 0.243 e. The van der Waals surface area contributed by atoms with E-state index in [1.807, 2.05) is 0 Å². The molecular formula is C13H17ClFNO3S. The lowest BCUT2D eigenvalue weighted by atomic mass is 10.0. The SMILES string of the molecule is O=S(=O)(NCC(O)C1CCCC1)c1ccc(Cl)cc1F. The Balaban J connectivity index is 2.03. The van der Waals surface area contributed by atoms with Gasteiger partial charge >= 0.3 is 0 Å². The summed E-state index contributed by atoms with van der Waals surface area (Å²) in [4.78, 5) is -0.458. The molecule has 2 N–H and O–H groups in total. The van der Waals surface area contributed by atoms with Crippen LogP contribution in [0.5, 0.6) is 0 Å². The Labute approximate surface area is 123 Å². The zero-order chi connectivity index (χ0) is 14.8. The fourth-order valence-corrected chi connectivity index (χ4v) is 3.74. The number of hydrogen-bond donors (Lipinski definition) is 2. The minimum atomic E-state index is -3.98. The molecule has 1 aromatic carbocycles. The van der Waals surface area contributed by atoms with Crippen molar-refractivity contribution in [3.05, 3.63) is 29.0 Å². The number of aliphatic hydroxyl groups is 1. The van der Waals surface area contributed by atoms with Crippen molar-refractivity contribution in [2.75, 3.05) is 6.54 Å². The van der Waals surface area contributed by atoms with Crippen molar-refractivity contribution in [2.24, 2.45) is 5.92 Å². The van der Waals surface area contributed by atoms with Gasteiger partial charge in [-0.05, 0) is 37.0 Å². The summed E-state index contributed by atoms with van der Waals surface area (Å²) in [6.45, 7) is -0.102.